The molecule has 0 aliphatic heterocycles. The van der Waals surface area contributed by atoms with Crippen LogP contribution in [0.3, 0.4) is 0 Å². The number of aliphatic hydroxyl groups is 2. The molecule has 5 atom stereocenters. The molecule has 0 heterocycles. The number of rotatable bonds is 5. The molecule has 0 unspecified atom stereocenters. The fourth-order valence-electron chi connectivity index (χ4n) is 6.14. The summed E-state index contributed by atoms with van der Waals surface area (Å²) in [5, 5.41) is 20.2. The van der Waals surface area contributed by atoms with Gasteiger partial charge in [0.25, 0.3) is 0 Å². The van der Waals surface area contributed by atoms with Crippen molar-refractivity contribution in [2.75, 3.05) is 0 Å². The first-order valence-corrected chi connectivity index (χ1v) is 14.2. The molecular formula is C29H44O4S. The second-order valence-corrected chi connectivity index (χ2v) is 14.7. The van der Waals surface area contributed by atoms with Gasteiger partial charge in [0.15, 0.2) is 9.84 Å². The molecule has 2 N–H and O–H groups in total. The van der Waals surface area contributed by atoms with Crippen LogP contribution in [0.1, 0.15) is 86.5 Å². The van der Waals surface area contributed by atoms with Gasteiger partial charge in [-0.2, -0.15) is 0 Å². The third-order valence-corrected chi connectivity index (χ3v) is 11.0. The minimum absolute atomic E-state index is 0.0925. The monoisotopic (exact) mass is 488 g/mol. The van der Waals surface area contributed by atoms with E-state index in [-0.39, 0.29) is 5.41 Å². The maximum Gasteiger partial charge on any atom is 0.178 e. The molecule has 0 amide bonds. The van der Waals surface area contributed by atoms with Crippen molar-refractivity contribution < 1.29 is 18.6 Å². The van der Waals surface area contributed by atoms with E-state index in [0.29, 0.717) is 29.6 Å². The molecule has 0 aromatic rings. The topological polar surface area (TPSA) is 74.6 Å². The molecule has 2 saturated carbocycles. The quantitative estimate of drug-likeness (QED) is 0.453. The van der Waals surface area contributed by atoms with Crippen LogP contribution in [0.2, 0.25) is 0 Å². The molecule has 0 spiro atoms. The lowest BCUT2D eigenvalue weighted by molar-refractivity contribution is 0.0862. The highest BCUT2D eigenvalue weighted by atomic mass is 32.2. The summed E-state index contributed by atoms with van der Waals surface area (Å²) in [6.07, 6.45) is 13.4. The normalized spacial score (nSPS) is 34.4. The van der Waals surface area contributed by atoms with Crippen LogP contribution in [0.15, 0.2) is 58.1 Å². The van der Waals surface area contributed by atoms with E-state index in [1.165, 1.54) is 11.1 Å². The molecule has 0 radical (unpaired) electrons. The van der Waals surface area contributed by atoms with E-state index >= 15 is 0 Å². The second-order valence-electron chi connectivity index (χ2n) is 11.9. The van der Waals surface area contributed by atoms with Crippen LogP contribution < -0.4 is 0 Å². The number of allylic oxidation sites excluding steroid dienone is 7. The lowest BCUT2D eigenvalue weighted by Gasteiger charge is -2.42. The molecule has 190 valence electrons. The molecule has 0 bridgehead atoms. The Labute approximate surface area is 207 Å². The molecule has 0 aromatic carbocycles. The Morgan fingerprint density at radius 3 is 2.62 bits per heavy atom. The molecule has 4 nitrogen and oxygen atoms in total. The average Bonchev–Trinajstić information content (AvgIpc) is 3.09. The summed E-state index contributed by atoms with van der Waals surface area (Å²) >= 11 is 0. The van der Waals surface area contributed by atoms with Gasteiger partial charge in [0.2, 0.25) is 0 Å². The number of hydrogen-bond acceptors (Lipinski definition) is 4. The summed E-state index contributed by atoms with van der Waals surface area (Å²) in [5.41, 5.74) is 4.66. The third-order valence-electron chi connectivity index (χ3n) is 8.40. The van der Waals surface area contributed by atoms with E-state index in [1.807, 2.05) is 6.08 Å². The molecule has 34 heavy (non-hydrogen) atoms. The predicted octanol–water partition coefficient (Wildman–Crippen LogP) is 6.19. The molecule has 5 heteroatoms. The van der Waals surface area contributed by atoms with Crippen molar-refractivity contribution >= 4 is 9.84 Å². The van der Waals surface area contributed by atoms with E-state index in [2.05, 4.69) is 38.7 Å². The van der Waals surface area contributed by atoms with Gasteiger partial charge in [0.1, 0.15) is 0 Å². The zero-order valence-corrected chi connectivity index (χ0v) is 22.7. The van der Waals surface area contributed by atoms with E-state index in [9.17, 15) is 18.6 Å². The first-order chi connectivity index (χ1) is 15.7. The van der Waals surface area contributed by atoms with E-state index in [0.717, 1.165) is 43.3 Å². The Hall–Kier alpha value is -1.43. The van der Waals surface area contributed by atoms with E-state index in [1.54, 1.807) is 27.7 Å². The SMILES string of the molecule is C=C1/C(=C\C=C2/CCC[C@]3(C)C([C@H](C)C/C=C(/C)S(=O)(=O)C(C)(C)C)=CC[C@@H]23)C[C@@H](O)C[C@@H]1O. The van der Waals surface area contributed by atoms with E-state index in [4.69, 9.17) is 0 Å². The molecule has 3 aliphatic rings. The molecule has 0 aromatic heterocycles. The Morgan fingerprint density at radius 1 is 1.29 bits per heavy atom. The van der Waals surface area contributed by atoms with Crippen LogP contribution in [0.4, 0.5) is 0 Å². The predicted molar refractivity (Wildman–Crippen MR) is 141 cm³/mol. The lowest BCUT2D eigenvalue weighted by Crippen LogP contribution is -2.32. The summed E-state index contributed by atoms with van der Waals surface area (Å²) in [4.78, 5) is 0.472. The summed E-state index contributed by atoms with van der Waals surface area (Å²) in [7, 11) is -3.29. The molecule has 3 rings (SSSR count). The molecule has 2 fully saturated rings. The summed E-state index contributed by atoms with van der Waals surface area (Å²) < 4.78 is 24.7. The highest BCUT2D eigenvalue weighted by Gasteiger charge is 2.46. The van der Waals surface area contributed by atoms with Crippen molar-refractivity contribution in [3.05, 3.63) is 58.1 Å². The largest absolute Gasteiger partial charge is 0.393 e. The van der Waals surface area contributed by atoms with Gasteiger partial charge in [-0.15, -0.1) is 0 Å². The van der Waals surface area contributed by atoms with Crippen molar-refractivity contribution in [2.45, 2.75) is 103 Å². The molecule has 3 aliphatic carbocycles. The number of hydrogen-bond donors (Lipinski definition) is 2. The minimum Gasteiger partial charge on any atom is -0.393 e. The summed E-state index contributed by atoms with van der Waals surface area (Å²) in [6, 6.07) is 0. The van der Waals surface area contributed by atoms with Gasteiger partial charge in [0, 0.05) is 11.3 Å². The Bertz CT molecular complexity index is 1030. The van der Waals surface area contributed by atoms with Crippen LogP contribution in [0.25, 0.3) is 0 Å². The summed E-state index contributed by atoms with van der Waals surface area (Å²) in [6.45, 7) is 15.6. The first-order valence-electron chi connectivity index (χ1n) is 12.8. The van der Waals surface area contributed by atoms with Crippen molar-refractivity contribution in [1.82, 2.24) is 0 Å². The standard InChI is InChI=1S/C29H44O4S/c1-19(10-11-20(2)34(32,33)28(4,5)6)25-14-15-26-22(9-8-16-29(25,26)7)12-13-23-17-24(30)18-27(31)21(23)3/h11-14,19,24,26-27,30-31H,3,8-10,15-18H2,1-2,4-7H3/b20-11-,22-12+,23-13-/t19-,24-,26+,27+,29-/m1/s1. The van der Waals surface area contributed by atoms with Crippen LogP contribution in [0.5, 0.6) is 0 Å². The Kier molecular flexibility index (Phi) is 7.91. The van der Waals surface area contributed by atoms with Gasteiger partial charge in [-0.3, -0.25) is 0 Å². The van der Waals surface area contributed by atoms with Crippen molar-refractivity contribution in [1.29, 1.82) is 0 Å². The van der Waals surface area contributed by atoms with Crippen LogP contribution in [-0.4, -0.2) is 35.6 Å². The fraction of sp³-hybridized carbons (Fsp3) is 0.655. The average molecular weight is 489 g/mol. The smallest absolute Gasteiger partial charge is 0.178 e. The number of sulfone groups is 1. The van der Waals surface area contributed by atoms with Gasteiger partial charge in [-0.1, -0.05) is 55.9 Å². The van der Waals surface area contributed by atoms with Gasteiger partial charge in [-0.05, 0) is 94.6 Å². The Balaban J connectivity index is 1.77. The fourth-order valence-corrected chi connectivity index (χ4v) is 7.42. The van der Waals surface area contributed by atoms with Gasteiger partial charge in [-0.25, -0.2) is 8.42 Å². The molecule has 0 saturated heterocycles. The Morgan fingerprint density at radius 2 is 1.97 bits per heavy atom. The summed E-state index contributed by atoms with van der Waals surface area (Å²) in [5.74, 6) is 0.742. The van der Waals surface area contributed by atoms with Crippen molar-refractivity contribution in [2.24, 2.45) is 17.3 Å². The third kappa shape index (κ3) is 5.22. The highest BCUT2D eigenvalue weighted by molar-refractivity contribution is 7.96. The highest BCUT2D eigenvalue weighted by Crippen LogP contribution is 2.57. The first kappa shape index (κ1) is 27.2. The van der Waals surface area contributed by atoms with Crippen molar-refractivity contribution in [3.8, 4) is 0 Å². The number of aliphatic hydroxyl groups excluding tert-OH is 2. The van der Waals surface area contributed by atoms with E-state index < -0.39 is 26.8 Å². The van der Waals surface area contributed by atoms with Crippen LogP contribution in [0, 0.1) is 17.3 Å². The molecular weight excluding hydrogens is 444 g/mol. The van der Waals surface area contributed by atoms with Crippen LogP contribution >= 0.6 is 0 Å². The zero-order valence-electron chi connectivity index (χ0n) is 21.9. The van der Waals surface area contributed by atoms with Crippen LogP contribution in [-0.2, 0) is 9.84 Å². The van der Waals surface area contributed by atoms with Gasteiger partial charge in [0.05, 0.1) is 17.0 Å². The van der Waals surface area contributed by atoms with Crippen molar-refractivity contribution in [3.63, 3.8) is 0 Å². The maximum atomic E-state index is 12.8. The van der Waals surface area contributed by atoms with Gasteiger partial charge < -0.3 is 10.2 Å². The number of fused-ring (bicyclic) bond motifs is 1. The lowest BCUT2D eigenvalue weighted by atomic mass is 9.62. The maximum absolute atomic E-state index is 12.8. The van der Waals surface area contributed by atoms with Gasteiger partial charge >= 0.3 is 0 Å². The second kappa shape index (κ2) is 9.91. The minimum atomic E-state index is -3.29. The zero-order chi connectivity index (χ0) is 25.5.